The zero-order valence-corrected chi connectivity index (χ0v) is 23.6. The van der Waals surface area contributed by atoms with E-state index in [1.165, 1.54) is 31.4 Å². The van der Waals surface area contributed by atoms with Crippen molar-refractivity contribution in [2.75, 3.05) is 26.9 Å². The topological polar surface area (TPSA) is 196 Å². The molecule has 0 amide bonds. The van der Waals surface area contributed by atoms with Gasteiger partial charge in [0.2, 0.25) is 12.1 Å². The predicted octanol–water partition coefficient (Wildman–Crippen LogP) is 1.74. The number of ether oxygens (including phenoxy) is 5. The van der Waals surface area contributed by atoms with Gasteiger partial charge in [0.15, 0.2) is 12.3 Å². The molecule has 234 valence electrons. The summed E-state index contributed by atoms with van der Waals surface area (Å²) in [6, 6.07) is 10.5. The molecule has 44 heavy (non-hydrogen) atoms. The highest BCUT2D eigenvalue weighted by Crippen LogP contribution is 2.36. The molecule has 2 aromatic carbocycles. The van der Waals surface area contributed by atoms with Crippen molar-refractivity contribution in [3.05, 3.63) is 65.2 Å². The number of hydrogen-bond acceptors (Lipinski definition) is 15. The van der Waals surface area contributed by atoms with Gasteiger partial charge in [0.25, 0.3) is 17.7 Å². The summed E-state index contributed by atoms with van der Waals surface area (Å²) in [5.41, 5.74) is 0.462. The maximum absolute atomic E-state index is 15.5. The van der Waals surface area contributed by atoms with Gasteiger partial charge >= 0.3 is 0 Å². The average Bonchev–Trinajstić information content (AvgIpc) is 3.04. The number of hydrogen-bond donors (Lipinski definition) is 4. The molecule has 0 unspecified atom stereocenters. The van der Waals surface area contributed by atoms with Crippen molar-refractivity contribution < 1.29 is 58.2 Å². The van der Waals surface area contributed by atoms with Crippen LogP contribution in [0.4, 0.5) is 4.39 Å². The van der Waals surface area contributed by atoms with Gasteiger partial charge in [-0.15, -0.1) is 0 Å². The second kappa shape index (κ2) is 14.0. The highest BCUT2D eigenvalue weighted by Gasteiger charge is 2.44. The van der Waals surface area contributed by atoms with Crippen LogP contribution in [-0.4, -0.2) is 99.6 Å². The smallest absolute Gasteiger partial charge is 0.280 e. The normalized spacial score (nSPS) is 23.6. The average molecular weight is 637 g/mol. The maximum atomic E-state index is 15.5. The molecule has 15 nitrogen and oxygen atoms in total. The summed E-state index contributed by atoms with van der Waals surface area (Å²) >= 11 is 6.33. The molecule has 1 fully saturated rings. The Morgan fingerprint density at radius 3 is 2.45 bits per heavy atom. The first-order chi connectivity index (χ1) is 21.3. The third-order valence-electron chi connectivity index (χ3n) is 6.23. The Morgan fingerprint density at radius 2 is 1.77 bits per heavy atom. The van der Waals surface area contributed by atoms with Crippen molar-refractivity contribution in [1.29, 1.82) is 0 Å². The van der Waals surface area contributed by atoms with Gasteiger partial charge < -0.3 is 53.8 Å². The van der Waals surface area contributed by atoms with Crippen LogP contribution in [0.1, 0.15) is 5.56 Å². The summed E-state index contributed by atoms with van der Waals surface area (Å²) in [6.07, 6.45) is -6.39. The molecule has 3 aromatic rings. The van der Waals surface area contributed by atoms with Crippen LogP contribution in [0.5, 0.6) is 29.0 Å². The van der Waals surface area contributed by atoms with Gasteiger partial charge in [-0.25, -0.2) is 0 Å². The first-order valence-electron chi connectivity index (χ1n) is 13.0. The Balaban J connectivity index is 1.33. The van der Waals surface area contributed by atoms with E-state index in [4.69, 9.17) is 45.0 Å². The van der Waals surface area contributed by atoms with Crippen LogP contribution in [-0.2, 0) is 19.1 Å². The molecule has 1 saturated heterocycles. The highest BCUT2D eigenvalue weighted by molar-refractivity contribution is 6.45. The van der Waals surface area contributed by atoms with Gasteiger partial charge in [0, 0.05) is 6.07 Å². The lowest BCUT2D eigenvalue weighted by Gasteiger charge is -2.39. The molecule has 4 N–H and O–H groups in total. The minimum atomic E-state index is -1.63. The van der Waals surface area contributed by atoms with E-state index in [-0.39, 0.29) is 47.1 Å². The van der Waals surface area contributed by atoms with Crippen molar-refractivity contribution in [2.24, 2.45) is 10.3 Å². The number of benzene rings is 2. The molecule has 2 aliphatic heterocycles. The summed E-state index contributed by atoms with van der Waals surface area (Å²) in [6.45, 7) is -0.134. The third kappa shape index (κ3) is 6.75. The first-order valence-corrected chi connectivity index (χ1v) is 13.3. The molecule has 0 aliphatic carbocycles. The second-order valence-corrected chi connectivity index (χ2v) is 9.51. The van der Waals surface area contributed by atoms with Crippen LogP contribution >= 0.6 is 11.6 Å². The Morgan fingerprint density at radius 1 is 1.02 bits per heavy atom. The molecule has 3 heterocycles. The lowest BCUT2D eigenvalue weighted by molar-refractivity contribution is -0.277. The molecule has 0 saturated carbocycles. The molecule has 2 aliphatic rings. The van der Waals surface area contributed by atoms with Crippen molar-refractivity contribution in [3.8, 4) is 29.0 Å². The van der Waals surface area contributed by atoms with E-state index >= 15 is 4.39 Å². The molecule has 0 bridgehead atoms. The molecule has 5 rings (SSSR count). The quantitative estimate of drug-likeness (QED) is 0.186. The molecule has 0 spiro atoms. The largest absolute Gasteiger partial charge is 0.470 e. The number of aliphatic hydroxyl groups excluding tert-OH is 4. The summed E-state index contributed by atoms with van der Waals surface area (Å²) in [7, 11) is 1.33. The van der Waals surface area contributed by atoms with Gasteiger partial charge in [-0.3, -0.25) is 0 Å². The van der Waals surface area contributed by atoms with Crippen LogP contribution in [0.15, 0.2) is 59.1 Å². The Hall–Kier alpha value is -4.32. The summed E-state index contributed by atoms with van der Waals surface area (Å²) in [4.78, 5) is 17.7. The fraction of sp³-hybridized carbons (Fsp3) is 0.333. The molecule has 5 atom stereocenters. The monoisotopic (exact) mass is 636 g/mol. The fourth-order valence-corrected chi connectivity index (χ4v) is 4.30. The molecule has 0 radical (unpaired) electrons. The van der Waals surface area contributed by atoms with Gasteiger partial charge in [-0.2, -0.15) is 14.4 Å². The van der Waals surface area contributed by atoms with Gasteiger partial charge in [-0.1, -0.05) is 28.9 Å². The van der Waals surface area contributed by atoms with Crippen molar-refractivity contribution in [2.45, 2.75) is 30.7 Å². The van der Waals surface area contributed by atoms with Crippen LogP contribution in [0.2, 0.25) is 5.02 Å². The van der Waals surface area contributed by atoms with E-state index < -0.39 is 54.9 Å². The number of nitrogens with zero attached hydrogens (tertiary/aromatic N) is 4. The number of aliphatic hydroxyl groups is 4. The minimum absolute atomic E-state index is 0.0289. The van der Waals surface area contributed by atoms with Crippen molar-refractivity contribution >= 4 is 23.2 Å². The summed E-state index contributed by atoms with van der Waals surface area (Å²) < 4.78 is 43.3. The summed E-state index contributed by atoms with van der Waals surface area (Å²) in [5.74, 6) is -1.86. The number of oxime groups is 2. The van der Waals surface area contributed by atoms with E-state index in [1.807, 2.05) is 0 Å². The Labute approximate surface area is 253 Å². The Kier molecular flexibility index (Phi) is 9.89. The van der Waals surface area contributed by atoms with Crippen LogP contribution in [0.25, 0.3) is 0 Å². The SMILES string of the molecule is CO/N=C(\C1=NOCCO1)c1ccccc1Oc1ncnc(Oc2ccc(O[C@@H]3O[C@H](CO)[C@@H](O)[C@H](O)[C@H]3O)cc2Cl)c1F. The Bertz CT molecular complexity index is 1530. The lowest BCUT2D eigenvalue weighted by atomic mass is 9.99. The van der Waals surface area contributed by atoms with Crippen molar-refractivity contribution in [1.82, 2.24) is 9.97 Å². The van der Waals surface area contributed by atoms with E-state index in [1.54, 1.807) is 18.2 Å². The highest BCUT2D eigenvalue weighted by atomic mass is 35.5. The lowest BCUT2D eigenvalue weighted by Crippen LogP contribution is -2.60. The van der Waals surface area contributed by atoms with Gasteiger partial charge in [0.1, 0.15) is 61.7 Å². The van der Waals surface area contributed by atoms with Gasteiger partial charge in [0.05, 0.1) is 17.2 Å². The zero-order valence-electron chi connectivity index (χ0n) is 22.8. The van der Waals surface area contributed by atoms with E-state index in [9.17, 15) is 20.4 Å². The molecular weight excluding hydrogens is 611 g/mol. The molecular formula is C27H26ClFN4O11. The molecule has 17 heteroatoms. The van der Waals surface area contributed by atoms with Crippen LogP contribution in [0.3, 0.4) is 0 Å². The van der Waals surface area contributed by atoms with Crippen LogP contribution < -0.4 is 14.2 Å². The zero-order chi connectivity index (χ0) is 31.2. The summed E-state index contributed by atoms with van der Waals surface area (Å²) in [5, 5.41) is 47.2. The number of aromatic nitrogens is 2. The van der Waals surface area contributed by atoms with Crippen molar-refractivity contribution in [3.63, 3.8) is 0 Å². The fourth-order valence-electron chi connectivity index (χ4n) is 4.09. The van der Waals surface area contributed by atoms with Crippen LogP contribution in [0, 0.1) is 5.82 Å². The number of para-hydroxylation sites is 1. The molecule has 1 aromatic heterocycles. The first kappa shape index (κ1) is 31.1. The maximum Gasteiger partial charge on any atom is 0.280 e. The predicted molar refractivity (Wildman–Crippen MR) is 147 cm³/mol. The van der Waals surface area contributed by atoms with Gasteiger partial charge in [-0.05, 0) is 29.4 Å². The third-order valence-corrected chi connectivity index (χ3v) is 6.53. The second-order valence-electron chi connectivity index (χ2n) is 9.11. The van der Waals surface area contributed by atoms with E-state index in [0.29, 0.717) is 5.56 Å². The standard InChI is InChI=1S/C27H26ClFN4O11/c1-38-32-20(26-33-40-9-8-39-26)14-4-2-3-5-16(14)42-24-19(29)25(31-12-30-24)43-17-7-6-13(10-15(17)28)41-27-23(37)22(36)21(35)18(11-34)44-27/h2-7,10,12,18,21-23,27,34-37H,8-9,11H2,1H3/b32-20-/t18-,21-,22+,23-,27-/m1/s1. The minimum Gasteiger partial charge on any atom is -0.470 e. The number of halogens is 2. The van der Waals surface area contributed by atoms with E-state index in [0.717, 1.165) is 6.33 Å². The number of rotatable bonds is 10. The van der Waals surface area contributed by atoms with E-state index in [2.05, 4.69) is 20.3 Å².